The van der Waals surface area contributed by atoms with Crippen LogP contribution in [0.5, 0.6) is 5.75 Å². The van der Waals surface area contributed by atoms with Crippen LogP contribution in [0, 0.1) is 11.8 Å². The predicted octanol–water partition coefficient (Wildman–Crippen LogP) is 1.44. The van der Waals surface area contributed by atoms with E-state index in [0.717, 1.165) is 25.4 Å². The molecule has 0 saturated carbocycles. The number of fused-ring (bicyclic) bond motifs is 1. The van der Waals surface area contributed by atoms with Crippen molar-refractivity contribution in [2.45, 2.75) is 19.0 Å². The van der Waals surface area contributed by atoms with Gasteiger partial charge in [-0.3, -0.25) is 14.4 Å². The lowest BCUT2D eigenvalue weighted by molar-refractivity contribution is -0.130. The summed E-state index contributed by atoms with van der Waals surface area (Å²) in [5.41, 5.74) is 1.30. The minimum Gasteiger partial charge on any atom is -0.497 e. The first-order valence-electron chi connectivity index (χ1n) is 9.10. The van der Waals surface area contributed by atoms with Crippen LogP contribution in [0.15, 0.2) is 36.9 Å². The average Bonchev–Trinajstić information content (AvgIpc) is 3.36. The Morgan fingerprint density at radius 2 is 2.04 bits per heavy atom. The van der Waals surface area contributed by atoms with E-state index < -0.39 is 0 Å². The van der Waals surface area contributed by atoms with Gasteiger partial charge >= 0.3 is 0 Å². The van der Waals surface area contributed by atoms with Crippen LogP contribution in [-0.4, -0.2) is 64.3 Å². The number of likely N-dealkylation sites (tertiary alicyclic amines) is 2. The molecule has 1 aromatic carbocycles. The smallest absolute Gasteiger partial charge is 0.224 e. The van der Waals surface area contributed by atoms with E-state index >= 15 is 0 Å². The van der Waals surface area contributed by atoms with Crippen LogP contribution < -0.4 is 4.74 Å². The zero-order chi connectivity index (χ0) is 18.1. The van der Waals surface area contributed by atoms with Gasteiger partial charge in [0.05, 0.1) is 13.7 Å². The number of hydrogen-bond acceptors (Lipinski definition) is 5. The second-order valence-corrected chi connectivity index (χ2v) is 7.29. The summed E-state index contributed by atoms with van der Waals surface area (Å²) < 4.78 is 6.98. The van der Waals surface area contributed by atoms with Crippen molar-refractivity contribution in [1.29, 1.82) is 0 Å². The average molecular weight is 355 g/mol. The lowest BCUT2D eigenvalue weighted by Crippen LogP contribution is -2.33. The first-order chi connectivity index (χ1) is 12.7. The maximum atomic E-state index is 12.6. The number of hydrogen-bond donors (Lipinski definition) is 0. The molecule has 2 saturated heterocycles. The largest absolute Gasteiger partial charge is 0.497 e. The van der Waals surface area contributed by atoms with Gasteiger partial charge in [-0.2, -0.15) is 5.10 Å². The lowest BCUT2D eigenvalue weighted by Gasteiger charge is -2.27. The van der Waals surface area contributed by atoms with E-state index in [0.29, 0.717) is 30.8 Å². The number of methoxy groups -OCH3 is 1. The molecule has 0 bridgehead atoms. The number of nitrogens with zero attached hydrogens (tertiary/aromatic N) is 5. The SMILES string of the molecule is COc1ccc([C@H]2[C@@H]3CN(C(=O)CCn4cncn4)C[C@@H]3CN2C)cc1. The van der Waals surface area contributed by atoms with Gasteiger partial charge in [-0.05, 0) is 30.7 Å². The van der Waals surface area contributed by atoms with Crippen molar-refractivity contribution < 1.29 is 9.53 Å². The third-order valence-electron chi connectivity index (χ3n) is 5.73. The van der Waals surface area contributed by atoms with Crippen LogP contribution >= 0.6 is 0 Å². The monoisotopic (exact) mass is 355 g/mol. The normalized spacial score (nSPS) is 25.5. The van der Waals surface area contributed by atoms with Gasteiger partial charge in [0, 0.05) is 38.0 Å². The van der Waals surface area contributed by atoms with Gasteiger partial charge in [-0.15, -0.1) is 0 Å². The van der Waals surface area contributed by atoms with Crippen molar-refractivity contribution in [2.75, 3.05) is 33.8 Å². The number of carbonyl (C=O) groups is 1. The molecule has 4 rings (SSSR count). The van der Waals surface area contributed by atoms with Crippen molar-refractivity contribution in [3.63, 3.8) is 0 Å². The van der Waals surface area contributed by atoms with Crippen LogP contribution in [0.4, 0.5) is 0 Å². The van der Waals surface area contributed by atoms with Crippen LogP contribution in [0.25, 0.3) is 0 Å². The van der Waals surface area contributed by atoms with Crippen LogP contribution in [-0.2, 0) is 11.3 Å². The first kappa shape index (κ1) is 17.0. The first-order valence-corrected chi connectivity index (χ1v) is 9.10. The van der Waals surface area contributed by atoms with Gasteiger partial charge in [0.15, 0.2) is 0 Å². The second-order valence-electron chi connectivity index (χ2n) is 7.29. The third-order valence-corrected chi connectivity index (χ3v) is 5.73. The number of aryl methyl sites for hydroxylation is 1. The molecule has 0 unspecified atom stereocenters. The zero-order valence-electron chi connectivity index (χ0n) is 15.3. The Kier molecular flexibility index (Phi) is 4.63. The molecule has 0 radical (unpaired) electrons. The molecule has 138 valence electrons. The molecular formula is C19H25N5O2. The van der Waals surface area contributed by atoms with E-state index in [1.54, 1.807) is 18.1 Å². The standard InChI is InChI=1S/C19H25N5O2/c1-22-9-15-10-23(18(25)7-8-24-13-20-12-21-24)11-17(15)19(22)14-3-5-16(26-2)6-4-14/h3-6,12-13,15,17,19H,7-11H2,1-2H3/t15-,17+,19-/m0/s1. The number of aromatic nitrogens is 3. The van der Waals surface area contributed by atoms with Gasteiger partial charge < -0.3 is 9.64 Å². The topological polar surface area (TPSA) is 63.5 Å². The van der Waals surface area contributed by atoms with Crippen LogP contribution in [0.1, 0.15) is 18.0 Å². The number of benzene rings is 1. The molecule has 3 atom stereocenters. The van der Waals surface area contributed by atoms with E-state index in [2.05, 4.69) is 34.2 Å². The Balaban J connectivity index is 1.41. The molecule has 2 aliphatic rings. The number of carbonyl (C=O) groups excluding carboxylic acids is 1. The van der Waals surface area contributed by atoms with Gasteiger partial charge in [0.2, 0.25) is 5.91 Å². The number of ether oxygens (including phenoxy) is 1. The Morgan fingerprint density at radius 1 is 1.23 bits per heavy atom. The Morgan fingerprint density at radius 3 is 2.73 bits per heavy atom. The van der Waals surface area contributed by atoms with E-state index in [1.165, 1.54) is 11.9 Å². The molecule has 3 heterocycles. The Labute approximate surface area is 153 Å². The highest BCUT2D eigenvalue weighted by molar-refractivity contribution is 5.76. The Hall–Kier alpha value is -2.41. The van der Waals surface area contributed by atoms with E-state index in [1.807, 2.05) is 17.0 Å². The molecule has 0 spiro atoms. The molecular weight excluding hydrogens is 330 g/mol. The zero-order valence-corrected chi connectivity index (χ0v) is 15.3. The molecule has 26 heavy (non-hydrogen) atoms. The van der Waals surface area contributed by atoms with Crippen molar-refractivity contribution >= 4 is 5.91 Å². The lowest BCUT2D eigenvalue weighted by atomic mass is 9.89. The summed E-state index contributed by atoms with van der Waals surface area (Å²) in [6.45, 7) is 3.32. The molecule has 7 nitrogen and oxygen atoms in total. The summed E-state index contributed by atoms with van der Waals surface area (Å²) in [6, 6.07) is 8.70. The number of rotatable bonds is 5. The molecule has 0 aliphatic carbocycles. The second kappa shape index (κ2) is 7.07. The predicted molar refractivity (Wildman–Crippen MR) is 96.6 cm³/mol. The summed E-state index contributed by atoms with van der Waals surface area (Å²) >= 11 is 0. The van der Waals surface area contributed by atoms with Crippen LogP contribution in [0.3, 0.4) is 0 Å². The highest BCUT2D eigenvalue weighted by atomic mass is 16.5. The highest BCUT2D eigenvalue weighted by Gasteiger charge is 2.47. The summed E-state index contributed by atoms with van der Waals surface area (Å²) in [4.78, 5) is 21.0. The molecule has 2 aromatic rings. The van der Waals surface area contributed by atoms with E-state index in [4.69, 9.17) is 4.74 Å². The van der Waals surface area contributed by atoms with Crippen molar-refractivity contribution in [2.24, 2.45) is 11.8 Å². The summed E-state index contributed by atoms with van der Waals surface area (Å²) in [5, 5.41) is 4.07. The fourth-order valence-electron chi connectivity index (χ4n) is 4.48. The maximum absolute atomic E-state index is 12.6. The third kappa shape index (κ3) is 3.19. The number of amides is 1. The van der Waals surface area contributed by atoms with Gasteiger partial charge in [0.1, 0.15) is 18.4 Å². The van der Waals surface area contributed by atoms with Gasteiger partial charge in [-0.1, -0.05) is 12.1 Å². The molecule has 1 amide bonds. The van der Waals surface area contributed by atoms with Crippen molar-refractivity contribution in [1.82, 2.24) is 24.6 Å². The molecule has 2 fully saturated rings. The highest BCUT2D eigenvalue weighted by Crippen LogP contribution is 2.44. The van der Waals surface area contributed by atoms with Crippen molar-refractivity contribution in [3.8, 4) is 5.75 Å². The van der Waals surface area contributed by atoms with Gasteiger partial charge in [0.25, 0.3) is 0 Å². The quantitative estimate of drug-likeness (QED) is 0.812. The van der Waals surface area contributed by atoms with Crippen LogP contribution in [0.2, 0.25) is 0 Å². The summed E-state index contributed by atoms with van der Waals surface area (Å²) in [5.74, 6) is 2.12. The fourth-order valence-corrected chi connectivity index (χ4v) is 4.48. The minimum absolute atomic E-state index is 0.214. The summed E-state index contributed by atoms with van der Waals surface area (Å²) in [6.07, 6.45) is 3.63. The maximum Gasteiger partial charge on any atom is 0.224 e. The Bertz CT molecular complexity index is 746. The van der Waals surface area contributed by atoms with Crippen molar-refractivity contribution in [3.05, 3.63) is 42.5 Å². The van der Waals surface area contributed by atoms with E-state index in [9.17, 15) is 4.79 Å². The summed E-state index contributed by atoms with van der Waals surface area (Å²) in [7, 11) is 3.87. The molecule has 2 aliphatic heterocycles. The molecule has 1 aromatic heterocycles. The minimum atomic E-state index is 0.214. The van der Waals surface area contributed by atoms with Gasteiger partial charge in [-0.25, -0.2) is 4.98 Å². The van der Waals surface area contributed by atoms with E-state index in [-0.39, 0.29) is 5.91 Å². The fraction of sp³-hybridized carbons (Fsp3) is 0.526. The molecule has 7 heteroatoms. The molecule has 0 N–H and O–H groups in total.